The average molecular weight is 231 g/mol. The number of thiol groups is 1. The Hall–Kier alpha value is -1.48. The van der Waals surface area contributed by atoms with E-state index in [-0.39, 0.29) is 5.43 Å². The molecule has 0 aliphatic heterocycles. The molecule has 0 amide bonds. The lowest BCUT2D eigenvalue weighted by Crippen LogP contribution is -2.12. The highest BCUT2D eigenvalue weighted by Crippen LogP contribution is 2.11. The lowest BCUT2D eigenvalue weighted by atomic mass is 10.2. The van der Waals surface area contributed by atoms with Crippen LogP contribution in [0.5, 0.6) is 0 Å². The summed E-state index contributed by atoms with van der Waals surface area (Å²) >= 11 is 4.16. The van der Waals surface area contributed by atoms with E-state index in [2.05, 4.69) is 12.6 Å². The molecule has 0 aliphatic carbocycles. The molecule has 0 radical (unpaired) electrons. The SMILES string of the molecule is Cc1cc(=O)c(CS)cn1-c1ccccc1. The van der Waals surface area contributed by atoms with Gasteiger partial charge >= 0.3 is 0 Å². The van der Waals surface area contributed by atoms with Crippen molar-refractivity contribution in [1.82, 2.24) is 4.57 Å². The Bertz CT molecular complexity index is 546. The van der Waals surface area contributed by atoms with Gasteiger partial charge in [-0.3, -0.25) is 4.79 Å². The van der Waals surface area contributed by atoms with Gasteiger partial charge in [-0.05, 0) is 19.1 Å². The van der Waals surface area contributed by atoms with Crippen molar-refractivity contribution in [2.75, 3.05) is 0 Å². The molecular weight excluding hydrogens is 218 g/mol. The van der Waals surface area contributed by atoms with E-state index in [0.717, 1.165) is 16.9 Å². The number of para-hydroxylation sites is 1. The van der Waals surface area contributed by atoms with E-state index in [1.807, 2.05) is 48.0 Å². The first-order valence-corrected chi connectivity index (χ1v) is 5.74. The first-order valence-electron chi connectivity index (χ1n) is 5.11. The molecular formula is C13H13NOS. The number of hydrogen-bond donors (Lipinski definition) is 1. The molecule has 1 aromatic carbocycles. The highest BCUT2D eigenvalue weighted by molar-refractivity contribution is 7.79. The molecule has 1 heterocycles. The third kappa shape index (κ3) is 2.04. The summed E-state index contributed by atoms with van der Waals surface area (Å²) in [7, 11) is 0. The summed E-state index contributed by atoms with van der Waals surface area (Å²) in [5.41, 5.74) is 2.77. The maximum atomic E-state index is 11.6. The molecule has 0 N–H and O–H groups in total. The largest absolute Gasteiger partial charge is 0.321 e. The van der Waals surface area contributed by atoms with Crippen molar-refractivity contribution in [1.29, 1.82) is 0 Å². The van der Waals surface area contributed by atoms with Gasteiger partial charge in [0.2, 0.25) is 0 Å². The summed E-state index contributed by atoms with van der Waals surface area (Å²) in [6.45, 7) is 1.93. The predicted molar refractivity (Wildman–Crippen MR) is 69.5 cm³/mol. The molecule has 82 valence electrons. The van der Waals surface area contributed by atoms with Gasteiger partial charge in [-0.1, -0.05) is 18.2 Å². The van der Waals surface area contributed by atoms with Crippen LogP contribution in [0.2, 0.25) is 0 Å². The lowest BCUT2D eigenvalue weighted by Gasteiger charge is -2.11. The maximum Gasteiger partial charge on any atom is 0.185 e. The number of rotatable bonds is 2. The van der Waals surface area contributed by atoms with Gasteiger partial charge in [-0.2, -0.15) is 12.6 Å². The van der Waals surface area contributed by atoms with E-state index in [0.29, 0.717) is 5.75 Å². The van der Waals surface area contributed by atoms with Crippen LogP contribution in [0.1, 0.15) is 11.3 Å². The molecule has 2 aromatic rings. The van der Waals surface area contributed by atoms with Crippen LogP contribution < -0.4 is 5.43 Å². The summed E-state index contributed by atoms with van der Waals surface area (Å²) in [6.07, 6.45) is 1.86. The van der Waals surface area contributed by atoms with E-state index in [1.54, 1.807) is 6.07 Å². The van der Waals surface area contributed by atoms with Crippen LogP contribution in [-0.4, -0.2) is 4.57 Å². The van der Waals surface area contributed by atoms with Crippen molar-refractivity contribution in [3.63, 3.8) is 0 Å². The first-order chi connectivity index (χ1) is 7.72. The fourth-order valence-electron chi connectivity index (χ4n) is 1.66. The molecule has 3 heteroatoms. The van der Waals surface area contributed by atoms with Crippen molar-refractivity contribution in [3.05, 3.63) is 64.1 Å². The molecule has 1 aromatic heterocycles. The van der Waals surface area contributed by atoms with E-state index < -0.39 is 0 Å². The molecule has 0 atom stereocenters. The Kier molecular flexibility index (Phi) is 3.15. The zero-order valence-electron chi connectivity index (χ0n) is 9.05. The van der Waals surface area contributed by atoms with Gasteiger partial charge in [-0.15, -0.1) is 0 Å². The minimum Gasteiger partial charge on any atom is -0.321 e. The monoisotopic (exact) mass is 231 g/mol. The normalized spacial score (nSPS) is 10.4. The van der Waals surface area contributed by atoms with Crippen LogP contribution in [-0.2, 0) is 5.75 Å². The molecule has 0 bridgehead atoms. The molecule has 0 saturated carbocycles. The molecule has 0 fully saturated rings. The standard InChI is InChI=1S/C13H13NOS/c1-10-7-13(15)11(9-16)8-14(10)12-5-3-2-4-6-12/h2-8,16H,9H2,1H3. The number of aryl methyl sites for hydroxylation is 1. The summed E-state index contributed by atoms with van der Waals surface area (Å²) in [4.78, 5) is 11.6. The second-order valence-corrected chi connectivity index (χ2v) is 3.98. The van der Waals surface area contributed by atoms with E-state index >= 15 is 0 Å². The molecule has 0 saturated heterocycles. The average Bonchev–Trinajstić information content (AvgIpc) is 2.30. The van der Waals surface area contributed by atoms with Gasteiger partial charge in [0, 0.05) is 35.0 Å². The molecule has 2 nitrogen and oxygen atoms in total. The van der Waals surface area contributed by atoms with Crippen LogP contribution in [0, 0.1) is 6.92 Å². The van der Waals surface area contributed by atoms with Crippen molar-refractivity contribution >= 4 is 12.6 Å². The van der Waals surface area contributed by atoms with Gasteiger partial charge in [0.15, 0.2) is 5.43 Å². The van der Waals surface area contributed by atoms with Crippen LogP contribution in [0.25, 0.3) is 5.69 Å². The van der Waals surface area contributed by atoms with Crippen LogP contribution in [0.3, 0.4) is 0 Å². The van der Waals surface area contributed by atoms with Crippen LogP contribution in [0.15, 0.2) is 47.4 Å². The van der Waals surface area contributed by atoms with Crippen LogP contribution in [0.4, 0.5) is 0 Å². The van der Waals surface area contributed by atoms with Crippen LogP contribution >= 0.6 is 12.6 Å². The van der Waals surface area contributed by atoms with Gasteiger partial charge in [0.25, 0.3) is 0 Å². The highest BCUT2D eigenvalue weighted by atomic mass is 32.1. The second kappa shape index (κ2) is 4.58. The fourth-order valence-corrected chi connectivity index (χ4v) is 1.90. The third-order valence-corrected chi connectivity index (χ3v) is 2.87. The van der Waals surface area contributed by atoms with Crippen molar-refractivity contribution in [3.8, 4) is 5.69 Å². The zero-order chi connectivity index (χ0) is 11.5. The van der Waals surface area contributed by atoms with Crippen molar-refractivity contribution < 1.29 is 0 Å². The molecule has 16 heavy (non-hydrogen) atoms. The topological polar surface area (TPSA) is 22.0 Å². The number of nitrogens with zero attached hydrogens (tertiary/aromatic N) is 1. The predicted octanol–water partition coefficient (Wildman–Crippen LogP) is 2.58. The van der Waals surface area contributed by atoms with Crippen molar-refractivity contribution in [2.24, 2.45) is 0 Å². The Labute approximate surface area is 100.0 Å². The smallest absolute Gasteiger partial charge is 0.185 e. The van der Waals surface area contributed by atoms with E-state index in [9.17, 15) is 4.79 Å². The van der Waals surface area contributed by atoms with Gasteiger partial charge in [0.05, 0.1) is 0 Å². The summed E-state index contributed by atoms with van der Waals surface area (Å²) in [5.74, 6) is 0.464. The summed E-state index contributed by atoms with van der Waals surface area (Å²) in [6, 6.07) is 11.6. The second-order valence-electron chi connectivity index (χ2n) is 3.67. The zero-order valence-corrected chi connectivity index (χ0v) is 9.95. The number of hydrogen-bond acceptors (Lipinski definition) is 2. The molecule has 2 rings (SSSR count). The van der Waals surface area contributed by atoms with Gasteiger partial charge in [-0.25, -0.2) is 0 Å². The lowest BCUT2D eigenvalue weighted by molar-refractivity contribution is 0.956. The number of pyridine rings is 1. The van der Waals surface area contributed by atoms with Gasteiger partial charge in [0.1, 0.15) is 0 Å². The molecule has 0 spiro atoms. The number of benzene rings is 1. The molecule has 0 aliphatic rings. The minimum absolute atomic E-state index is 0.0553. The summed E-state index contributed by atoms with van der Waals surface area (Å²) in [5, 5.41) is 0. The summed E-state index contributed by atoms with van der Waals surface area (Å²) < 4.78 is 2.01. The Morgan fingerprint density at radius 3 is 2.56 bits per heavy atom. The fraction of sp³-hybridized carbons (Fsp3) is 0.154. The number of aromatic nitrogens is 1. The minimum atomic E-state index is 0.0553. The Morgan fingerprint density at radius 1 is 1.25 bits per heavy atom. The molecule has 0 unspecified atom stereocenters. The van der Waals surface area contributed by atoms with Crippen molar-refractivity contribution in [2.45, 2.75) is 12.7 Å². The Morgan fingerprint density at radius 2 is 1.94 bits per heavy atom. The third-order valence-electron chi connectivity index (χ3n) is 2.53. The quantitative estimate of drug-likeness (QED) is 0.788. The maximum absolute atomic E-state index is 11.6. The van der Waals surface area contributed by atoms with E-state index in [1.165, 1.54) is 0 Å². The first kappa shape index (κ1) is 11.0. The van der Waals surface area contributed by atoms with Gasteiger partial charge < -0.3 is 4.57 Å². The Balaban J connectivity index is 2.62. The van der Waals surface area contributed by atoms with E-state index in [4.69, 9.17) is 0 Å². The highest BCUT2D eigenvalue weighted by Gasteiger charge is 2.03.